The van der Waals surface area contributed by atoms with Crippen molar-refractivity contribution in [2.45, 2.75) is 38.8 Å². The van der Waals surface area contributed by atoms with Gasteiger partial charge in [-0.15, -0.1) is 0 Å². The number of carbonyl (C=O) groups excluding carboxylic acids is 1. The average Bonchev–Trinajstić information content (AvgIpc) is 2.47. The number of hydrogen-bond donors (Lipinski definition) is 2. The maximum Gasteiger partial charge on any atom is 0.252 e. The number of ether oxygens (including phenoxy) is 1. The molecule has 0 saturated carbocycles. The van der Waals surface area contributed by atoms with Gasteiger partial charge in [-0.2, -0.15) is 0 Å². The highest BCUT2D eigenvalue weighted by Gasteiger charge is 2.34. The normalized spacial score (nSPS) is 18.4. The minimum atomic E-state index is -0.365. The third kappa shape index (κ3) is 3.34. The number of halogens is 1. The molecule has 0 radical (unpaired) electrons. The van der Waals surface area contributed by atoms with Crippen molar-refractivity contribution in [3.8, 4) is 5.75 Å². The molecule has 3 rings (SSSR count). The van der Waals surface area contributed by atoms with E-state index in [1.807, 2.05) is 39.0 Å². The van der Waals surface area contributed by atoms with Crippen LogP contribution >= 0.6 is 11.6 Å². The Kier molecular flexibility index (Phi) is 4.18. The Bertz CT molecular complexity index is 802. The molecule has 1 amide bonds. The first-order valence-corrected chi connectivity index (χ1v) is 8.28. The fourth-order valence-electron chi connectivity index (χ4n) is 3.12. The van der Waals surface area contributed by atoms with Gasteiger partial charge in [0, 0.05) is 28.3 Å². The van der Waals surface area contributed by atoms with Gasteiger partial charge in [0.05, 0.1) is 6.04 Å². The topological polar surface area (TPSA) is 64.3 Å². The summed E-state index contributed by atoms with van der Waals surface area (Å²) in [6.07, 6.45) is 0.668. The summed E-state index contributed by atoms with van der Waals surface area (Å²) >= 11 is 5.97. The number of amides is 1. The van der Waals surface area contributed by atoms with Gasteiger partial charge in [0.25, 0.3) is 5.91 Å². The van der Waals surface area contributed by atoms with E-state index in [2.05, 4.69) is 5.32 Å². The molecule has 0 aromatic heterocycles. The largest absolute Gasteiger partial charge is 0.487 e. The fraction of sp³-hybridized carbons (Fsp3) is 0.316. The van der Waals surface area contributed by atoms with Crippen molar-refractivity contribution in [3.05, 3.63) is 58.1 Å². The number of hydrogen-bond acceptors (Lipinski definition) is 3. The molecule has 0 spiro atoms. The number of carbonyl (C=O) groups is 1. The lowest BCUT2D eigenvalue weighted by Crippen LogP contribution is -2.41. The third-order valence-electron chi connectivity index (χ3n) is 4.23. The van der Waals surface area contributed by atoms with Crippen LogP contribution < -0.4 is 15.8 Å². The van der Waals surface area contributed by atoms with Gasteiger partial charge in [0.1, 0.15) is 11.4 Å². The molecule has 3 N–H and O–H groups in total. The lowest BCUT2D eigenvalue weighted by molar-refractivity contribution is 0.0620. The van der Waals surface area contributed by atoms with E-state index in [0.717, 1.165) is 16.9 Å². The number of nitrogens with one attached hydrogen (secondary N) is 1. The summed E-state index contributed by atoms with van der Waals surface area (Å²) in [4.78, 5) is 12.7. The quantitative estimate of drug-likeness (QED) is 0.800. The zero-order valence-corrected chi connectivity index (χ0v) is 14.8. The minimum Gasteiger partial charge on any atom is -0.487 e. The molecule has 24 heavy (non-hydrogen) atoms. The fourth-order valence-corrected chi connectivity index (χ4v) is 3.35. The summed E-state index contributed by atoms with van der Waals surface area (Å²) in [5.74, 6) is 0.638. The monoisotopic (exact) mass is 344 g/mol. The van der Waals surface area contributed by atoms with Gasteiger partial charge < -0.3 is 15.8 Å². The second kappa shape index (κ2) is 6.02. The van der Waals surface area contributed by atoms with Crippen molar-refractivity contribution < 1.29 is 9.53 Å². The maximum absolute atomic E-state index is 12.7. The highest BCUT2D eigenvalue weighted by atomic mass is 35.5. The Hall–Kier alpha value is -2.20. The van der Waals surface area contributed by atoms with Crippen LogP contribution in [0.25, 0.3) is 0 Å². The van der Waals surface area contributed by atoms with Crippen molar-refractivity contribution in [1.82, 2.24) is 5.32 Å². The zero-order chi connectivity index (χ0) is 17.5. The average molecular weight is 345 g/mol. The van der Waals surface area contributed by atoms with Crippen molar-refractivity contribution in [1.29, 1.82) is 0 Å². The van der Waals surface area contributed by atoms with Gasteiger partial charge in [0.15, 0.2) is 0 Å². The standard InChI is InChI=1S/C19H21ClN2O2/c1-11-8-12(20)4-6-14(11)18(23)22-16-10-19(2,3)24-17-7-5-13(21)9-15(16)17/h4-9,16H,10,21H2,1-3H3,(H,22,23). The molecule has 0 bridgehead atoms. The molecule has 0 aliphatic carbocycles. The molecule has 4 nitrogen and oxygen atoms in total. The highest BCUT2D eigenvalue weighted by molar-refractivity contribution is 6.30. The second-order valence-corrected chi connectivity index (χ2v) is 7.28. The van der Waals surface area contributed by atoms with E-state index in [0.29, 0.717) is 22.7 Å². The first-order valence-electron chi connectivity index (χ1n) is 7.91. The molecule has 1 aliphatic rings. The number of anilines is 1. The molecule has 1 unspecified atom stereocenters. The molecule has 1 aliphatic heterocycles. The molecule has 5 heteroatoms. The summed E-state index contributed by atoms with van der Waals surface area (Å²) < 4.78 is 6.01. The van der Waals surface area contributed by atoms with Gasteiger partial charge in [-0.05, 0) is 62.7 Å². The number of aryl methyl sites for hydroxylation is 1. The van der Waals surface area contributed by atoms with Crippen LogP contribution in [-0.2, 0) is 0 Å². The second-order valence-electron chi connectivity index (χ2n) is 6.85. The van der Waals surface area contributed by atoms with Crippen molar-refractivity contribution in [2.24, 2.45) is 0 Å². The highest BCUT2D eigenvalue weighted by Crippen LogP contribution is 2.40. The number of fused-ring (bicyclic) bond motifs is 1. The van der Waals surface area contributed by atoms with E-state index >= 15 is 0 Å². The van der Waals surface area contributed by atoms with E-state index in [4.69, 9.17) is 22.1 Å². The summed E-state index contributed by atoms with van der Waals surface area (Å²) in [7, 11) is 0. The molecule has 0 fully saturated rings. The Morgan fingerprint density at radius 3 is 2.75 bits per heavy atom. The van der Waals surface area contributed by atoms with Gasteiger partial charge in [-0.25, -0.2) is 0 Å². The lowest BCUT2D eigenvalue weighted by Gasteiger charge is -2.38. The Labute approximate surface area is 147 Å². The van der Waals surface area contributed by atoms with Crippen LogP contribution in [0.5, 0.6) is 5.75 Å². The van der Waals surface area contributed by atoms with Gasteiger partial charge in [-0.3, -0.25) is 4.79 Å². The smallest absolute Gasteiger partial charge is 0.252 e. The van der Waals surface area contributed by atoms with E-state index in [1.165, 1.54) is 0 Å². The first kappa shape index (κ1) is 16.7. The van der Waals surface area contributed by atoms with E-state index in [9.17, 15) is 4.79 Å². The summed E-state index contributed by atoms with van der Waals surface area (Å²) in [6.45, 7) is 5.90. The van der Waals surface area contributed by atoms with Gasteiger partial charge in [-0.1, -0.05) is 11.6 Å². The SMILES string of the molecule is Cc1cc(Cl)ccc1C(=O)NC1CC(C)(C)Oc2ccc(N)cc21. The predicted octanol–water partition coefficient (Wildman–Crippen LogP) is 4.26. The molecule has 2 aromatic rings. The van der Waals surface area contributed by atoms with Crippen LogP contribution in [0, 0.1) is 6.92 Å². The third-order valence-corrected chi connectivity index (χ3v) is 4.46. The number of nitrogens with two attached hydrogens (primary N) is 1. The molecular formula is C19H21ClN2O2. The van der Waals surface area contributed by atoms with Crippen LogP contribution in [0.3, 0.4) is 0 Å². The molecule has 126 valence electrons. The van der Waals surface area contributed by atoms with Crippen LogP contribution in [0.2, 0.25) is 5.02 Å². The van der Waals surface area contributed by atoms with Gasteiger partial charge >= 0.3 is 0 Å². The van der Waals surface area contributed by atoms with Gasteiger partial charge in [0.2, 0.25) is 0 Å². The first-order chi connectivity index (χ1) is 11.2. The zero-order valence-electron chi connectivity index (χ0n) is 14.0. The summed E-state index contributed by atoms with van der Waals surface area (Å²) in [6, 6.07) is 10.6. The maximum atomic E-state index is 12.7. The van der Waals surface area contributed by atoms with Crippen LogP contribution in [0.1, 0.15) is 47.8 Å². The molecule has 1 heterocycles. The van der Waals surface area contributed by atoms with Crippen molar-refractivity contribution >= 4 is 23.2 Å². The minimum absolute atomic E-state index is 0.125. The Balaban J connectivity index is 1.91. The van der Waals surface area contributed by atoms with Crippen LogP contribution in [-0.4, -0.2) is 11.5 Å². The van der Waals surface area contributed by atoms with E-state index in [1.54, 1.807) is 18.2 Å². The van der Waals surface area contributed by atoms with Crippen molar-refractivity contribution in [2.75, 3.05) is 5.73 Å². The number of nitrogen functional groups attached to an aromatic ring is 1. The molecule has 1 atom stereocenters. The number of benzene rings is 2. The Morgan fingerprint density at radius 2 is 2.04 bits per heavy atom. The molecule has 0 saturated heterocycles. The van der Waals surface area contributed by atoms with E-state index in [-0.39, 0.29) is 17.6 Å². The number of rotatable bonds is 2. The van der Waals surface area contributed by atoms with Crippen LogP contribution in [0.4, 0.5) is 5.69 Å². The molecule has 2 aromatic carbocycles. The lowest BCUT2D eigenvalue weighted by atomic mass is 9.89. The summed E-state index contributed by atoms with van der Waals surface area (Å²) in [5.41, 5.74) is 8.58. The predicted molar refractivity (Wildman–Crippen MR) is 96.6 cm³/mol. The summed E-state index contributed by atoms with van der Waals surface area (Å²) in [5, 5.41) is 3.74. The Morgan fingerprint density at radius 1 is 1.29 bits per heavy atom. The van der Waals surface area contributed by atoms with Crippen molar-refractivity contribution in [3.63, 3.8) is 0 Å². The van der Waals surface area contributed by atoms with E-state index < -0.39 is 0 Å². The molecular weight excluding hydrogens is 324 g/mol. The van der Waals surface area contributed by atoms with Crippen LogP contribution in [0.15, 0.2) is 36.4 Å².